The molecule has 2 rings (SSSR count). The van der Waals surface area contributed by atoms with Crippen LogP contribution in [-0.2, 0) is 6.42 Å². The second-order valence-corrected chi connectivity index (χ2v) is 5.16. The molecule has 1 atom stereocenters. The van der Waals surface area contributed by atoms with E-state index < -0.39 is 4.33 Å². The normalized spacial score (nSPS) is 24.4. The molecular weight excluding hydrogens is 203 g/mol. The van der Waals surface area contributed by atoms with Crippen LogP contribution in [0.25, 0.3) is 0 Å². The predicted octanol–water partition coefficient (Wildman–Crippen LogP) is 3.91. The highest BCUT2D eigenvalue weighted by atomic mass is 35.5. The number of hydrogen-bond donors (Lipinski definition) is 0. The molecule has 1 fully saturated rings. The summed E-state index contributed by atoms with van der Waals surface area (Å²) in [6.45, 7) is 2.15. The van der Waals surface area contributed by atoms with Crippen molar-refractivity contribution in [2.75, 3.05) is 0 Å². The molecule has 1 aromatic rings. The van der Waals surface area contributed by atoms with Crippen molar-refractivity contribution in [3.8, 4) is 0 Å². The standard InChI is InChI=1S/C11H12Cl2/c1-2-8-3-5-9(6-4-8)10-7-11(10,12)13/h3-6,10H,2,7H2,1H3. The lowest BCUT2D eigenvalue weighted by molar-refractivity contribution is 1.08. The van der Waals surface area contributed by atoms with Crippen LogP contribution in [0.3, 0.4) is 0 Å². The van der Waals surface area contributed by atoms with Crippen LogP contribution in [-0.4, -0.2) is 4.33 Å². The molecule has 0 aromatic heterocycles. The van der Waals surface area contributed by atoms with Crippen molar-refractivity contribution in [1.29, 1.82) is 0 Å². The quantitative estimate of drug-likeness (QED) is 0.656. The van der Waals surface area contributed by atoms with Crippen molar-refractivity contribution in [3.63, 3.8) is 0 Å². The van der Waals surface area contributed by atoms with E-state index in [-0.39, 0.29) is 0 Å². The van der Waals surface area contributed by atoms with Crippen molar-refractivity contribution in [1.82, 2.24) is 0 Å². The Labute approximate surface area is 88.9 Å². The molecule has 0 N–H and O–H groups in total. The van der Waals surface area contributed by atoms with E-state index in [9.17, 15) is 0 Å². The molecule has 0 bridgehead atoms. The summed E-state index contributed by atoms with van der Waals surface area (Å²) in [5, 5.41) is 0. The highest BCUT2D eigenvalue weighted by Gasteiger charge is 2.52. The Balaban J connectivity index is 2.16. The van der Waals surface area contributed by atoms with Gasteiger partial charge in [0.1, 0.15) is 4.33 Å². The van der Waals surface area contributed by atoms with Crippen LogP contribution in [0.15, 0.2) is 24.3 Å². The van der Waals surface area contributed by atoms with Gasteiger partial charge in [0.15, 0.2) is 0 Å². The zero-order valence-corrected chi connectivity index (χ0v) is 9.07. The second kappa shape index (κ2) is 3.18. The number of hydrogen-bond acceptors (Lipinski definition) is 0. The lowest BCUT2D eigenvalue weighted by atomic mass is 10.1. The lowest BCUT2D eigenvalue weighted by Gasteiger charge is -2.01. The van der Waals surface area contributed by atoms with Gasteiger partial charge in [-0.25, -0.2) is 0 Å². The highest BCUT2D eigenvalue weighted by Crippen LogP contribution is 2.59. The van der Waals surface area contributed by atoms with Gasteiger partial charge < -0.3 is 0 Å². The van der Waals surface area contributed by atoms with Gasteiger partial charge >= 0.3 is 0 Å². The summed E-state index contributed by atoms with van der Waals surface area (Å²) in [5.41, 5.74) is 2.63. The summed E-state index contributed by atoms with van der Waals surface area (Å²) in [6.07, 6.45) is 1.97. The molecule has 1 unspecified atom stereocenters. The molecule has 1 aromatic carbocycles. The minimum Gasteiger partial charge on any atom is -0.101 e. The SMILES string of the molecule is CCc1ccc(C2CC2(Cl)Cl)cc1. The Morgan fingerprint density at radius 3 is 2.23 bits per heavy atom. The van der Waals surface area contributed by atoms with Gasteiger partial charge in [-0.3, -0.25) is 0 Å². The summed E-state index contributed by atoms with van der Waals surface area (Å²) >= 11 is 12.0. The van der Waals surface area contributed by atoms with Gasteiger partial charge in [-0.2, -0.15) is 0 Å². The van der Waals surface area contributed by atoms with E-state index in [1.165, 1.54) is 11.1 Å². The van der Waals surface area contributed by atoms with E-state index in [0.29, 0.717) is 5.92 Å². The molecule has 1 aliphatic rings. The molecule has 0 saturated heterocycles. The smallest absolute Gasteiger partial charge is 0.101 e. The van der Waals surface area contributed by atoms with E-state index in [4.69, 9.17) is 23.2 Å². The van der Waals surface area contributed by atoms with Crippen molar-refractivity contribution < 1.29 is 0 Å². The highest BCUT2D eigenvalue weighted by molar-refractivity contribution is 6.51. The topological polar surface area (TPSA) is 0 Å². The number of alkyl halides is 2. The van der Waals surface area contributed by atoms with Crippen molar-refractivity contribution in [2.45, 2.75) is 30.0 Å². The average Bonchev–Trinajstić information content (AvgIpc) is 2.76. The fourth-order valence-electron chi connectivity index (χ4n) is 1.56. The first-order valence-corrected chi connectivity index (χ1v) is 5.36. The maximum absolute atomic E-state index is 5.98. The molecule has 0 aliphatic heterocycles. The largest absolute Gasteiger partial charge is 0.125 e. The third-order valence-corrected chi connectivity index (χ3v) is 3.45. The zero-order valence-electron chi connectivity index (χ0n) is 7.56. The number of halogens is 2. The van der Waals surface area contributed by atoms with E-state index >= 15 is 0 Å². The minimum atomic E-state index is -0.492. The Bertz CT molecular complexity index is 300. The second-order valence-electron chi connectivity index (χ2n) is 3.61. The molecule has 0 spiro atoms. The van der Waals surface area contributed by atoms with E-state index in [2.05, 4.69) is 31.2 Å². The Morgan fingerprint density at radius 1 is 1.31 bits per heavy atom. The Hall–Kier alpha value is -0.200. The maximum atomic E-state index is 5.98. The van der Waals surface area contributed by atoms with Gasteiger partial charge in [-0.15, -0.1) is 23.2 Å². The van der Waals surface area contributed by atoms with E-state index in [1.54, 1.807) is 0 Å². The summed E-state index contributed by atoms with van der Waals surface area (Å²) < 4.78 is -0.492. The first-order chi connectivity index (χ1) is 6.13. The lowest BCUT2D eigenvalue weighted by Crippen LogP contribution is -1.90. The average molecular weight is 215 g/mol. The third-order valence-electron chi connectivity index (χ3n) is 2.62. The number of aryl methyl sites for hydroxylation is 1. The molecule has 13 heavy (non-hydrogen) atoms. The summed E-state index contributed by atoms with van der Waals surface area (Å²) in [4.78, 5) is 0. The molecule has 0 radical (unpaired) electrons. The fourth-order valence-corrected chi connectivity index (χ4v) is 2.12. The molecule has 1 aliphatic carbocycles. The minimum absolute atomic E-state index is 0.349. The van der Waals surface area contributed by atoms with Crippen LogP contribution in [0.4, 0.5) is 0 Å². The van der Waals surface area contributed by atoms with Crippen molar-refractivity contribution in [2.24, 2.45) is 0 Å². The Kier molecular flexibility index (Phi) is 2.29. The molecule has 0 nitrogen and oxygen atoms in total. The van der Waals surface area contributed by atoms with Gasteiger partial charge in [-0.1, -0.05) is 31.2 Å². The monoisotopic (exact) mass is 214 g/mol. The van der Waals surface area contributed by atoms with Gasteiger partial charge in [-0.05, 0) is 24.0 Å². The summed E-state index contributed by atoms with van der Waals surface area (Å²) in [7, 11) is 0. The van der Waals surface area contributed by atoms with Crippen LogP contribution in [0.1, 0.15) is 30.4 Å². The van der Waals surface area contributed by atoms with E-state index in [0.717, 1.165) is 12.8 Å². The van der Waals surface area contributed by atoms with Gasteiger partial charge in [0.05, 0.1) is 0 Å². The van der Waals surface area contributed by atoms with E-state index in [1.807, 2.05) is 0 Å². The van der Waals surface area contributed by atoms with Crippen LogP contribution >= 0.6 is 23.2 Å². The molecule has 2 heteroatoms. The fraction of sp³-hybridized carbons (Fsp3) is 0.455. The van der Waals surface area contributed by atoms with Gasteiger partial charge in [0.25, 0.3) is 0 Å². The summed E-state index contributed by atoms with van der Waals surface area (Å²) in [6, 6.07) is 8.57. The molecule has 70 valence electrons. The van der Waals surface area contributed by atoms with Crippen LogP contribution in [0.2, 0.25) is 0 Å². The molecular formula is C11H12Cl2. The van der Waals surface area contributed by atoms with Crippen LogP contribution in [0, 0.1) is 0 Å². The first-order valence-electron chi connectivity index (χ1n) is 4.60. The molecule has 0 amide bonds. The molecule has 0 heterocycles. The van der Waals surface area contributed by atoms with Crippen LogP contribution in [0.5, 0.6) is 0 Å². The van der Waals surface area contributed by atoms with Crippen molar-refractivity contribution in [3.05, 3.63) is 35.4 Å². The first kappa shape index (κ1) is 9.36. The summed E-state index contributed by atoms with van der Waals surface area (Å²) in [5.74, 6) is 0.349. The molecule has 1 saturated carbocycles. The van der Waals surface area contributed by atoms with Crippen molar-refractivity contribution >= 4 is 23.2 Å². The zero-order chi connectivity index (χ0) is 9.47. The third kappa shape index (κ3) is 1.84. The Morgan fingerprint density at radius 2 is 1.85 bits per heavy atom. The van der Waals surface area contributed by atoms with Gasteiger partial charge in [0.2, 0.25) is 0 Å². The number of benzene rings is 1. The maximum Gasteiger partial charge on any atom is 0.125 e. The van der Waals surface area contributed by atoms with Crippen LogP contribution < -0.4 is 0 Å². The number of rotatable bonds is 2. The van der Waals surface area contributed by atoms with Gasteiger partial charge in [0, 0.05) is 5.92 Å². The predicted molar refractivity (Wildman–Crippen MR) is 57.6 cm³/mol.